The number of rotatable bonds is 8. The fraction of sp³-hybridized carbons (Fsp3) is 0.917. The molecule has 0 spiro atoms. The summed E-state index contributed by atoms with van der Waals surface area (Å²) in [6.07, 6.45) is 2.81. The van der Waals surface area contributed by atoms with Crippen molar-refractivity contribution >= 4 is 17.7 Å². The first-order valence-corrected chi connectivity index (χ1v) is 7.81. The molecule has 1 amide bonds. The van der Waals surface area contributed by atoms with Crippen molar-refractivity contribution in [3.05, 3.63) is 0 Å². The average molecular weight is 275 g/mol. The standard InChI is InChI=1S/C12H25N3O2S/c13-11-2-5-15(6-3-11)10-12(17)14-4-9-18-8-1-7-16/h11,16H,1-10,13H2,(H,14,17). The van der Waals surface area contributed by atoms with Gasteiger partial charge in [0.05, 0.1) is 6.54 Å². The molecule has 0 bridgehead atoms. The number of thioether (sulfide) groups is 1. The summed E-state index contributed by atoms with van der Waals surface area (Å²) in [6.45, 7) is 3.31. The van der Waals surface area contributed by atoms with Crippen molar-refractivity contribution in [2.75, 3.05) is 44.3 Å². The topological polar surface area (TPSA) is 78.6 Å². The molecule has 1 rings (SSSR count). The molecule has 18 heavy (non-hydrogen) atoms. The second-order valence-corrected chi connectivity index (χ2v) is 5.88. The van der Waals surface area contributed by atoms with Gasteiger partial charge < -0.3 is 16.2 Å². The molecule has 1 fully saturated rings. The van der Waals surface area contributed by atoms with Crippen LogP contribution in [0.5, 0.6) is 0 Å². The number of aliphatic hydroxyl groups excluding tert-OH is 1. The van der Waals surface area contributed by atoms with Crippen LogP contribution in [0.1, 0.15) is 19.3 Å². The number of carbonyl (C=O) groups excluding carboxylic acids is 1. The Labute approximate surface area is 113 Å². The van der Waals surface area contributed by atoms with Crippen LogP contribution in [-0.2, 0) is 4.79 Å². The molecule has 0 unspecified atom stereocenters. The quantitative estimate of drug-likeness (QED) is 0.527. The Morgan fingerprint density at radius 2 is 2.11 bits per heavy atom. The summed E-state index contributed by atoms with van der Waals surface area (Å²) in [5.74, 6) is 1.97. The van der Waals surface area contributed by atoms with Crippen LogP contribution in [0.25, 0.3) is 0 Å². The first-order valence-electron chi connectivity index (χ1n) is 6.65. The van der Waals surface area contributed by atoms with Crippen LogP contribution in [0.3, 0.4) is 0 Å². The van der Waals surface area contributed by atoms with Crippen LogP contribution in [0.4, 0.5) is 0 Å². The van der Waals surface area contributed by atoms with E-state index in [0.717, 1.165) is 43.9 Å². The second-order valence-electron chi connectivity index (χ2n) is 4.65. The summed E-state index contributed by atoms with van der Waals surface area (Å²) in [5, 5.41) is 11.5. The normalized spacial score (nSPS) is 17.9. The van der Waals surface area contributed by atoms with E-state index in [-0.39, 0.29) is 12.5 Å². The van der Waals surface area contributed by atoms with Crippen molar-refractivity contribution < 1.29 is 9.90 Å². The lowest BCUT2D eigenvalue weighted by atomic mass is 10.1. The number of aliphatic hydroxyl groups is 1. The van der Waals surface area contributed by atoms with Gasteiger partial charge in [0.15, 0.2) is 0 Å². The minimum absolute atomic E-state index is 0.105. The Hall–Kier alpha value is -0.300. The van der Waals surface area contributed by atoms with Gasteiger partial charge in [-0.25, -0.2) is 0 Å². The number of amides is 1. The van der Waals surface area contributed by atoms with Crippen molar-refractivity contribution in [3.8, 4) is 0 Å². The van der Waals surface area contributed by atoms with Crippen LogP contribution in [0, 0.1) is 0 Å². The van der Waals surface area contributed by atoms with Gasteiger partial charge in [0.2, 0.25) is 5.91 Å². The number of hydrogen-bond acceptors (Lipinski definition) is 5. The SMILES string of the molecule is NC1CCN(CC(=O)NCCSCCCO)CC1. The summed E-state index contributed by atoms with van der Waals surface area (Å²) >= 11 is 1.76. The van der Waals surface area contributed by atoms with Crippen molar-refractivity contribution in [3.63, 3.8) is 0 Å². The molecule has 5 nitrogen and oxygen atoms in total. The zero-order valence-corrected chi connectivity index (χ0v) is 11.8. The number of nitrogens with two attached hydrogens (primary N) is 1. The third-order valence-corrected chi connectivity index (χ3v) is 4.08. The summed E-state index contributed by atoms with van der Waals surface area (Å²) in [5.41, 5.74) is 5.82. The number of hydrogen-bond donors (Lipinski definition) is 3. The lowest BCUT2D eigenvalue weighted by Crippen LogP contribution is -2.44. The highest BCUT2D eigenvalue weighted by molar-refractivity contribution is 7.99. The third kappa shape index (κ3) is 7.20. The molecule has 106 valence electrons. The maximum absolute atomic E-state index is 11.6. The molecule has 1 heterocycles. The van der Waals surface area contributed by atoms with E-state index in [2.05, 4.69) is 10.2 Å². The van der Waals surface area contributed by atoms with Gasteiger partial charge in [-0.2, -0.15) is 11.8 Å². The molecule has 0 aromatic rings. The molecule has 0 atom stereocenters. The molecule has 0 aromatic heterocycles. The predicted molar refractivity (Wildman–Crippen MR) is 75.7 cm³/mol. The van der Waals surface area contributed by atoms with Crippen LogP contribution >= 0.6 is 11.8 Å². The van der Waals surface area contributed by atoms with Gasteiger partial charge in [-0.1, -0.05) is 0 Å². The molecular weight excluding hydrogens is 250 g/mol. The molecule has 1 saturated heterocycles. The third-order valence-electron chi connectivity index (χ3n) is 3.01. The fourth-order valence-electron chi connectivity index (χ4n) is 1.90. The van der Waals surface area contributed by atoms with Gasteiger partial charge in [0, 0.05) is 38.0 Å². The molecule has 4 N–H and O–H groups in total. The van der Waals surface area contributed by atoms with E-state index in [0.29, 0.717) is 19.1 Å². The average Bonchev–Trinajstić information content (AvgIpc) is 2.36. The Kier molecular flexibility index (Phi) is 8.41. The Morgan fingerprint density at radius 3 is 2.78 bits per heavy atom. The Morgan fingerprint density at radius 1 is 1.39 bits per heavy atom. The van der Waals surface area contributed by atoms with Crippen LogP contribution in [0.15, 0.2) is 0 Å². The highest BCUT2D eigenvalue weighted by Gasteiger charge is 2.17. The van der Waals surface area contributed by atoms with E-state index < -0.39 is 0 Å². The zero-order valence-electron chi connectivity index (χ0n) is 10.9. The fourth-order valence-corrected chi connectivity index (χ4v) is 2.69. The first-order chi connectivity index (χ1) is 8.72. The summed E-state index contributed by atoms with van der Waals surface area (Å²) in [7, 11) is 0. The van der Waals surface area contributed by atoms with Gasteiger partial charge in [-0.15, -0.1) is 0 Å². The van der Waals surface area contributed by atoms with E-state index in [1.165, 1.54) is 0 Å². The Bertz CT molecular complexity index is 233. The highest BCUT2D eigenvalue weighted by atomic mass is 32.2. The van der Waals surface area contributed by atoms with E-state index in [4.69, 9.17) is 10.8 Å². The molecular formula is C12H25N3O2S. The number of nitrogens with zero attached hydrogens (tertiary/aromatic N) is 1. The van der Waals surface area contributed by atoms with Gasteiger partial charge in [-0.05, 0) is 25.0 Å². The lowest BCUT2D eigenvalue weighted by molar-refractivity contribution is -0.122. The maximum Gasteiger partial charge on any atom is 0.234 e. The van der Waals surface area contributed by atoms with Gasteiger partial charge >= 0.3 is 0 Å². The van der Waals surface area contributed by atoms with Crippen molar-refractivity contribution in [1.82, 2.24) is 10.2 Å². The molecule has 1 aliphatic rings. The van der Waals surface area contributed by atoms with Crippen LogP contribution in [0.2, 0.25) is 0 Å². The summed E-state index contributed by atoms with van der Waals surface area (Å²) in [4.78, 5) is 13.8. The monoisotopic (exact) mass is 275 g/mol. The molecule has 6 heteroatoms. The summed E-state index contributed by atoms with van der Waals surface area (Å²) in [6, 6.07) is 0.312. The highest BCUT2D eigenvalue weighted by Crippen LogP contribution is 2.07. The lowest BCUT2D eigenvalue weighted by Gasteiger charge is -2.29. The predicted octanol–water partition coefficient (Wildman–Crippen LogP) is -0.359. The second kappa shape index (κ2) is 9.61. The number of likely N-dealkylation sites (tertiary alicyclic amines) is 1. The van der Waals surface area contributed by atoms with Crippen molar-refractivity contribution in [2.45, 2.75) is 25.3 Å². The minimum Gasteiger partial charge on any atom is -0.396 e. The zero-order chi connectivity index (χ0) is 13.2. The Balaban J connectivity index is 1.97. The largest absolute Gasteiger partial charge is 0.396 e. The number of carbonyl (C=O) groups is 1. The number of piperidine rings is 1. The van der Waals surface area contributed by atoms with E-state index in [1.54, 1.807) is 11.8 Å². The smallest absolute Gasteiger partial charge is 0.234 e. The molecule has 0 aliphatic carbocycles. The molecule has 0 aromatic carbocycles. The maximum atomic E-state index is 11.6. The van der Waals surface area contributed by atoms with E-state index in [1.807, 2.05) is 0 Å². The number of nitrogens with one attached hydrogen (secondary N) is 1. The van der Waals surface area contributed by atoms with E-state index in [9.17, 15) is 4.79 Å². The van der Waals surface area contributed by atoms with Crippen LogP contribution in [-0.4, -0.2) is 66.2 Å². The van der Waals surface area contributed by atoms with Gasteiger partial charge in [0.1, 0.15) is 0 Å². The van der Waals surface area contributed by atoms with Gasteiger partial charge in [0.25, 0.3) is 0 Å². The van der Waals surface area contributed by atoms with E-state index >= 15 is 0 Å². The summed E-state index contributed by atoms with van der Waals surface area (Å²) < 4.78 is 0. The molecule has 0 saturated carbocycles. The molecule has 1 aliphatic heterocycles. The first kappa shape index (κ1) is 15.8. The van der Waals surface area contributed by atoms with Crippen molar-refractivity contribution in [2.24, 2.45) is 5.73 Å². The molecule has 0 radical (unpaired) electrons. The minimum atomic E-state index is 0.105. The van der Waals surface area contributed by atoms with Crippen LogP contribution < -0.4 is 11.1 Å². The van der Waals surface area contributed by atoms with Gasteiger partial charge in [-0.3, -0.25) is 9.69 Å². The van der Waals surface area contributed by atoms with Crippen molar-refractivity contribution in [1.29, 1.82) is 0 Å².